The van der Waals surface area contributed by atoms with Gasteiger partial charge < -0.3 is 10.6 Å². The van der Waals surface area contributed by atoms with Crippen molar-refractivity contribution in [2.75, 3.05) is 12.4 Å². The van der Waals surface area contributed by atoms with Gasteiger partial charge >= 0.3 is 0 Å². The van der Waals surface area contributed by atoms with E-state index >= 15 is 0 Å². The van der Waals surface area contributed by atoms with Crippen LogP contribution in [0.3, 0.4) is 0 Å². The van der Waals surface area contributed by atoms with Gasteiger partial charge in [-0.1, -0.05) is 0 Å². The molecule has 0 spiro atoms. The number of amides is 1. The van der Waals surface area contributed by atoms with Gasteiger partial charge in [-0.05, 0) is 40.2 Å². The molecule has 2 aromatic rings. The van der Waals surface area contributed by atoms with E-state index in [1.54, 1.807) is 30.6 Å². The highest BCUT2D eigenvalue weighted by molar-refractivity contribution is 9.11. The van der Waals surface area contributed by atoms with Crippen LogP contribution in [-0.2, 0) is 6.54 Å². The standard InChI is InChI=1S/C12H12BrN3OS/c1-14-8-4-5-15-10(6-8)12(17)16-7-9-2-3-11(13)18-9/h2-6H,7H2,1H3,(H,14,15)(H,16,17). The van der Waals surface area contributed by atoms with Crippen molar-refractivity contribution in [3.8, 4) is 0 Å². The number of rotatable bonds is 4. The summed E-state index contributed by atoms with van der Waals surface area (Å²) in [5.74, 6) is -0.170. The summed E-state index contributed by atoms with van der Waals surface area (Å²) in [7, 11) is 1.81. The Balaban J connectivity index is 1.99. The molecule has 0 radical (unpaired) electrons. The summed E-state index contributed by atoms with van der Waals surface area (Å²) < 4.78 is 1.06. The molecule has 0 aliphatic rings. The first-order chi connectivity index (χ1) is 8.69. The number of halogens is 1. The van der Waals surface area contributed by atoms with Gasteiger partial charge in [-0.3, -0.25) is 9.78 Å². The Labute approximate surface area is 118 Å². The lowest BCUT2D eigenvalue weighted by atomic mass is 10.3. The lowest BCUT2D eigenvalue weighted by Gasteiger charge is -2.04. The number of aromatic nitrogens is 1. The third-order valence-corrected chi connectivity index (χ3v) is 3.96. The van der Waals surface area contributed by atoms with Gasteiger partial charge in [0.05, 0.1) is 10.3 Å². The average molecular weight is 326 g/mol. The molecule has 2 rings (SSSR count). The van der Waals surface area contributed by atoms with Gasteiger partial charge in [0.1, 0.15) is 5.69 Å². The molecular formula is C12H12BrN3OS. The summed E-state index contributed by atoms with van der Waals surface area (Å²) >= 11 is 4.99. The van der Waals surface area contributed by atoms with Crippen LogP contribution < -0.4 is 10.6 Å². The minimum Gasteiger partial charge on any atom is -0.388 e. The van der Waals surface area contributed by atoms with Crippen LogP contribution in [0.1, 0.15) is 15.4 Å². The molecule has 2 aromatic heterocycles. The van der Waals surface area contributed by atoms with E-state index in [4.69, 9.17) is 0 Å². The molecule has 94 valence electrons. The zero-order chi connectivity index (χ0) is 13.0. The minimum atomic E-state index is -0.170. The number of nitrogens with one attached hydrogen (secondary N) is 2. The highest BCUT2D eigenvalue weighted by Gasteiger charge is 2.08. The Morgan fingerprint density at radius 3 is 2.94 bits per heavy atom. The molecule has 6 heteroatoms. The Kier molecular flexibility index (Phi) is 4.33. The summed E-state index contributed by atoms with van der Waals surface area (Å²) in [6, 6.07) is 7.48. The summed E-state index contributed by atoms with van der Waals surface area (Å²) in [5.41, 5.74) is 1.28. The number of pyridine rings is 1. The zero-order valence-corrected chi connectivity index (χ0v) is 12.1. The largest absolute Gasteiger partial charge is 0.388 e. The summed E-state index contributed by atoms with van der Waals surface area (Å²) in [4.78, 5) is 17.0. The van der Waals surface area contributed by atoms with Crippen molar-refractivity contribution in [3.05, 3.63) is 44.8 Å². The van der Waals surface area contributed by atoms with Crippen LogP contribution >= 0.6 is 27.3 Å². The zero-order valence-electron chi connectivity index (χ0n) is 9.74. The number of thiophene rings is 1. The van der Waals surface area contributed by atoms with Crippen LogP contribution in [0.4, 0.5) is 5.69 Å². The van der Waals surface area contributed by atoms with Gasteiger partial charge in [0.25, 0.3) is 5.91 Å². The third kappa shape index (κ3) is 3.30. The van der Waals surface area contributed by atoms with Crippen molar-refractivity contribution in [3.63, 3.8) is 0 Å². The van der Waals surface area contributed by atoms with E-state index in [0.29, 0.717) is 12.2 Å². The summed E-state index contributed by atoms with van der Waals surface area (Å²) in [6.45, 7) is 0.514. The average Bonchev–Trinajstić information content (AvgIpc) is 2.82. The molecule has 0 fully saturated rings. The molecule has 0 bridgehead atoms. The third-order valence-electron chi connectivity index (χ3n) is 2.33. The van der Waals surface area contributed by atoms with Gasteiger partial charge in [-0.2, -0.15) is 0 Å². The van der Waals surface area contributed by atoms with E-state index in [2.05, 4.69) is 31.5 Å². The monoisotopic (exact) mass is 325 g/mol. The highest BCUT2D eigenvalue weighted by Crippen LogP contribution is 2.21. The summed E-state index contributed by atoms with van der Waals surface area (Å²) in [6.07, 6.45) is 1.61. The second-order valence-electron chi connectivity index (χ2n) is 3.57. The van der Waals surface area contributed by atoms with Crippen LogP contribution in [0, 0.1) is 0 Å². The number of hydrogen-bond donors (Lipinski definition) is 2. The molecule has 0 aliphatic carbocycles. The van der Waals surface area contributed by atoms with Gasteiger partial charge in [0.15, 0.2) is 0 Å². The second-order valence-corrected chi connectivity index (χ2v) is 6.12. The normalized spacial score (nSPS) is 10.1. The maximum atomic E-state index is 11.9. The van der Waals surface area contributed by atoms with Crippen LogP contribution in [0.2, 0.25) is 0 Å². The molecular weight excluding hydrogens is 314 g/mol. The topological polar surface area (TPSA) is 54.0 Å². The fraction of sp³-hybridized carbons (Fsp3) is 0.167. The van der Waals surface area contributed by atoms with Gasteiger partial charge in [0, 0.05) is 23.8 Å². The first-order valence-corrected chi connectivity index (χ1v) is 6.96. The van der Waals surface area contributed by atoms with E-state index in [1.807, 2.05) is 18.2 Å². The first-order valence-electron chi connectivity index (χ1n) is 5.35. The SMILES string of the molecule is CNc1ccnc(C(=O)NCc2ccc(Br)s2)c1. The number of nitrogens with zero attached hydrogens (tertiary/aromatic N) is 1. The van der Waals surface area contributed by atoms with Crippen LogP contribution in [0.15, 0.2) is 34.2 Å². The lowest BCUT2D eigenvalue weighted by molar-refractivity contribution is 0.0946. The Morgan fingerprint density at radius 1 is 1.44 bits per heavy atom. The predicted octanol–water partition coefficient (Wildman–Crippen LogP) is 2.88. The predicted molar refractivity (Wildman–Crippen MR) is 77.0 cm³/mol. The van der Waals surface area contributed by atoms with Crippen LogP contribution in [0.5, 0.6) is 0 Å². The van der Waals surface area contributed by atoms with Crippen LogP contribution in [0.25, 0.3) is 0 Å². The Hall–Kier alpha value is -1.40. The molecule has 1 amide bonds. The lowest BCUT2D eigenvalue weighted by Crippen LogP contribution is -2.23. The van der Waals surface area contributed by atoms with Crippen molar-refractivity contribution in [1.29, 1.82) is 0 Å². The van der Waals surface area contributed by atoms with E-state index < -0.39 is 0 Å². The van der Waals surface area contributed by atoms with Crippen LogP contribution in [-0.4, -0.2) is 17.9 Å². The molecule has 0 atom stereocenters. The van der Waals surface area contributed by atoms with Gasteiger partial charge in [0.2, 0.25) is 0 Å². The summed E-state index contributed by atoms with van der Waals surface area (Å²) in [5, 5.41) is 5.82. The Morgan fingerprint density at radius 2 is 2.28 bits per heavy atom. The number of hydrogen-bond acceptors (Lipinski definition) is 4. The van der Waals surface area contributed by atoms with Crippen molar-refractivity contribution >= 4 is 38.9 Å². The molecule has 4 nitrogen and oxygen atoms in total. The van der Waals surface area contributed by atoms with E-state index in [0.717, 1.165) is 14.4 Å². The molecule has 0 aromatic carbocycles. The highest BCUT2D eigenvalue weighted by atomic mass is 79.9. The molecule has 0 saturated heterocycles. The maximum Gasteiger partial charge on any atom is 0.270 e. The molecule has 18 heavy (non-hydrogen) atoms. The van der Waals surface area contributed by atoms with E-state index in [-0.39, 0.29) is 5.91 Å². The quantitative estimate of drug-likeness (QED) is 0.908. The molecule has 2 N–H and O–H groups in total. The number of anilines is 1. The second kappa shape index (κ2) is 5.97. The molecule has 0 saturated carbocycles. The minimum absolute atomic E-state index is 0.170. The van der Waals surface area contributed by atoms with Crippen molar-refractivity contribution in [2.45, 2.75) is 6.54 Å². The van der Waals surface area contributed by atoms with Crippen molar-refractivity contribution < 1.29 is 4.79 Å². The number of carbonyl (C=O) groups excluding carboxylic acids is 1. The fourth-order valence-corrected chi connectivity index (χ4v) is 2.84. The van der Waals surface area contributed by atoms with Gasteiger partial charge in [-0.25, -0.2) is 0 Å². The smallest absolute Gasteiger partial charge is 0.270 e. The fourth-order valence-electron chi connectivity index (χ4n) is 1.41. The van der Waals surface area contributed by atoms with Gasteiger partial charge in [-0.15, -0.1) is 11.3 Å². The van der Waals surface area contributed by atoms with E-state index in [9.17, 15) is 4.79 Å². The first kappa shape index (κ1) is 13.0. The molecule has 0 unspecified atom stereocenters. The molecule has 2 heterocycles. The van der Waals surface area contributed by atoms with Crippen molar-refractivity contribution in [2.24, 2.45) is 0 Å². The Bertz CT molecular complexity index is 556. The van der Waals surface area contributed by atoms with E-state index in [1.165, 1.54) is 0 Å². The number of carbonyl (C=O) groups is 1. The van der Waals surface area contributed by atoms with Crippen molar-refractivity contribution in [1.82, 2.24) is 10.3 Å². The maximum absolute atomic E-state index is 11.9. The molecule has 0 aliphatic heterocycles.